The van der Waals surface area contributed by atoms with Gasteiger partial charge in [-0.25, -0.2) is 14.9 Å². The number of hydrogen-bond acceptors (Lipinski definition) is 5. The molecule has 1 fully saturated rings. The van der Waals surface area contributed by atoms with Crippen LogP contribution in [0.3, 0.4) is 0 Å². The standard InChI is InChI=1S/C15H21N5OS/c21-15-18-17-13-8-19(6-7-20(13)15)9-14-16-12(10-22-14)11-4-2-1-3-5-11/h10-11H,1-9H2,(H,18,21). The van der Waals surface area contributed by atoms with Crippen LogP contribution in [0.15, 0.2) is 10.2 Å². The van der Waals surface area contributed by atoms with Crippen LogP contribution in [0.5, 0.6) is 0 Å². The van der Waals surface area contributed by atoms with E-state index in [4.69, 9.17) is 4.98 Å². The predicted molar refractivity (Wildman–Crippen MR) is 84.9 cm³/mol. The summed E-state index contributed by atoms with van der Waals surface area (Å²) in [6.07, 6.45) is 6.67. The van der Waals surface area contributed by atoms with E-state index in [1.807, 2.05) is 0 Å². The predicted octanol–water partition coefficient (Wildman–Crippen LogP) is 2.09. The second-order valence-electron chi connectivity index (χ2n) is 6.31. The number of hydrogen-bond donors (Lipinski definition) is 1. The minimum Gasteiger partial charge on any atom is -0.287 e. The molecule has 1 N–H and O–H groups in total. The average Bonchev–Trinajstić information content (AvgIpc) is 3.16. The third kappa shape index (κ3) is 2.75. The van der Waals surface area contributed by atoms with E-state index in [9.17, 15) is 4.79 Å². The van der Waals surface area contributed by atoms with Crippen LogP contribution in [0, 0.1) is 0 Å². The first-order valence-electron chi connectivity index (χ1n) is 8.10. The fourth-order valence-electron chi connectivity index (χ4n) is 3.53. The van der Waals surface area contributed by atoms with Crippen molar-refractivity contribution >= 4 is 11.3 Å². The molecular formula is C15H21N5OS. The van der Waals surface area contributed by atoms with E-state index >= 15 is 0 Å². The van der Waals surface area contributed by atoms with Crippen LogP contribution in [0.4, 0.5) is 0 Å². The first-order chi connectivity index (χ1) is 10.8. The number of nitrogens with one attached hydrogen (secondary N) is 1. The molecule has 7 heteroatoms. The lowest BCUT2D eigenvalue weighted by molar-refractivity contribution is 0.207. The van der Waals surface area contributed by atoms with Gasteiger partial charge in [0, 0.05) is 24.4 Å². The first kappa shape index (κ1) is 14.1. The monoisotopic (exact) mass is 319 g/mol. The Kier molecular flexibility index (Phi) is 3.83. The summed E-state index contributed by atoms with van der Waals surface area (Å²) in [6, 6.07) is 0. The minimum absolute atomic E-state index is 0.0940. The SMILES string of the molecule is O=c1[nH]nc2n1CCN(Cc1nc(C3CCCCC3)cs1)C2. The Morgan fingerprint density at radius 1 is 1.27 bits per heavy atom. The van der Waals surface area contributed by atoms with Crippen LogP contribution in [0.2, 0.25) is 0 Å². The van der Waals surface area contributed by atoms with E-state index in [2.05, 4.69) is 20.5 Å². The van der Waals surface area contributed by atoms with Gasteiger partial charge in [-0.1, -0.05) is 19.3 Å². The van der Waals surface area contributed by atoms with Crippen molar-refractivity contribution in [2.24, 2.45) is 0 Å². The highest BCUT2D eigenvalue weighted by Crippen LogP contribution is 2.33. The van der Waals surface area contributed by atoms with Gasteiger partial charge in [0.25, 0.3) is 0 Å². The van der Waals surface area contributed by atoms with Crippen molar-refractivity contribution in [3.63, 3.8) is 0 Å². The number of H-pyrrole nitrogens is 1. The number of rotatable bonds is 3. The van der Waals surface area contributed by atoms with Crippen LogP contribution in [-0.2, 0) is 19.6 Å². The summed E-state index contributed by atoms with van der Waals surface area (Å²) in [7, 11) is 0. The molecule has 6 nitrogen and oxygen atoms in total. The van der Waals surface area contributed by atoms with Crippen LogP contribution in [0.25, 0.3) is 0 Å². The van der Waals surface area contributed by atoms with Crippen LogP contribution in [-0.4, -0.2) is 31.2 Å². The fourth-order valence-corrected chi connectivity index (χ4v) is 4.45. The lowest BCUT2D eigenvalue weighted by Crippen LogP contribution is -2.36. The second kappa shape index (κ2) is 5.96. The highest BCUT2D eigenvalue weighted by molar-refractivity contribution is 7.09. The van der Waals surface area contributed by atoms with Gasteiger partial charge >= 0.3 is 5.69 Å². The molecule has 0 amide bonds. The van der Waals surface area contributed by atoms with E-state index in [-0.39, 0.29) is 5.69 Å². The molecule has 3 heterocycles. The molecule has 118 valence electrons. The summed E-state index contributed by atoms with van der Waals surface area (Å²) in [6.45, 7) is 3.17. The smallest absolute Gasteiger partial charge is 0.287 e. The fraction of sp³-hybridized carbons (Fsp3) is 0.667. The maximum atomic E-state index is 11.5. The molecule has 0 unspecified atom stereocenters. The normalized spacial score (nSPS) is 20.2. The number of aromatic amines is 1. The third-order valence-corrected chi connectivity index (χ3v) is 5.65. The van der Waals surface area contributed by atoms with Gasteiger partial charge in [-0.15, -0.1) is 11.3 Å². The molecule has 2 aromatic rings. The molecule has 0 aromatic carbocycles. The average molecular weight is 319 g/mol. The molecule has 1 saturated carbocycles. The van der Waals surface area contributed by atoms with Gasteiger partial charge in [-0.05, 0) is 12.8 Å². The maximum Gasteiger partial charge on any atom is 0.343 e. The molecule has 22 heavy (non-hydrogen) atoms. The molecule has 0 atom stereocenters. The Hall–Kier alpha value is -1.47. The van der Waals surface area contributed by atoms with E-state index < -0.39 is 0 Å². The van der Waals surface area contributed by atoms with Crippen LogP contribution < -0.4 is 5.69 Å². The number of fused-ring (bicyclic) bond motifs is 1. The van der Waals surface area contributed by atoms with Crippen LogP contribution in [0.1, 0.15) is 54.5 Å². The zero-order valence-corrected chi connectivity index (χ0v) is 13.4. The molecule has 1 aliphatic heterocycles. The Balaban J connectivity index is 1.42. The molecule has 4 rings (SSSR count). The van der Waals surface area contributed by atoms with Gasteiger partial charge in [0.15, 0.2) is 0 Å². The van der Waals surface area contributed by atoms with E-state index in [0.717, 1.165) is 25.5 Å². The Labute approximate surface area is 133 Å². The van der Waals surface area contributed by atoms with Crippen molar-refractivity contribution in [3.05, 3.63) is 32.4 Å². The molecule has 0 saturated heterocycles. The summed E-state index contributed by atoms with van der Waals surface area (Å²) in [5, 5.41) is 10.1. The number of aromatic nitrogens is 4. The highest BCUT2D eigenvalue weighted by atomic mass is 32.1. The maximum absolute atomic E-state index is 11.5. The molecule has 2 aromatic heterocycles. The van der Waals surface area contributed by atoms with Gasteiger partial charge in [-0.3, -0.25) is 9.47 Å². The van der Waals surface area contributed by atoms with E-state index in [1.54, 1.807) is 15.9 Å². The third-order valence-electron chi connectivity index (χ3n) is 4.79. The van der Waals surface area contributed by atoms with E-state index in [0.29, 0.717) is 12.5 Å². The van der Waals surface area contributed by atoms with Gasteiger partial charge in [0.2, 0.25) is 0 Å². The number of nitrogens with zero attached hydrogens (tertiary/aromatic N) is 4. The number of thiazole rings is 1. The summed E-state index contributed by atoms with van der Waals surface area (Å²) in [4.78, 5) is 18.7. The lowest BCUT2D eigenvalue weighted by atomic mass is 9.87. The minimum atomic E-state index is -0.0940. The summed E-state index contributed by atoms with van der Waals surface area (Å²) >= 11 is 1.77. The largest absolute Gasteiger partial charge is 0.343 e. The van der Waals surface area contributed by atoms with Crippen molar-refractivity contribution < 1.29 is 0 Å². The van der Waals surface area contributed by atoms with Gasteiger partial charge < -0.3 is 0 Å². The Morgan fingerprint density at radius 3 is 3.00 bits per heavy atom. The quantitative estimate of drug-likeness (QED) is 0.941. The summed E-state index contributed by atoms with van der Waals surface area (Å²) < 4.78 is 1.73. The Morgan fingerprint density at radius 2 is 2.14 bits per heavy atom. The topological polar surface area (TPSA) is 66.8 Å². The lowest BCUT2D eigenvalue weighted by Gasteiger charge is -2.25. The Bertz CT molecular complexity index is 697. The molecule has 2 aliphatic rings. The zero-order chi connectivity index (χ0) is 14.9. The van der Waals surface area contributed by atoms with Crippen molar-refractivity contribution in [2.45, 2.75) is 57.7 Å². The summed E-state index contributed by atoms with van der Waals surface area (Å²) in [5.41, 5.74) is 1.21. The molecule has 0 spiro atoms. The van der Waals surface area contributed by atoms with Gasteiger partial charge in [-0.2, -0.15) is 5.10 Å². The van der Waals surface area contributed by atoms with E-state index in [1.165, 1.54) is 42.8 Å². The molecular weight excluding hydrogens is 298 g/mol. The molecule has 0 bridgehead atoms. The van der Waals surface area contributed by atoms with Crippen molar-refractivity contribution in [1.29, 1.82) is 0 Å². The van der Waals surface area contributed by atoms with Crippen LogP contribution >= 0.6 is 11.3 Å². The van der Waals surface area contributed by atoms with Crippen molar-refractivity contribution in [2.75, 3.05) is 6.54 Å². The van der Waals surface area contributed by atoms with Crippen molar-refractivity contribution in [1.82, 2.24) is 24.6 Å². The first-order valence-corrected chi connectivity index (χ1v) is 8.98. The molecule has 1 aliphatic carbocycles. The van der Waals surface area contributed by atoms with Gasteiger partial charge in [0.1, 0.15) is 10.8 Å². The molecule has 0 radical (unpaired) electrons. The summed E-state index contributed by atoms with van der Waals surface area (Å²) in [5.74, 6) is 1.51. The second-order valence-corrected chi connectivity index (χ2v) is 7.25. The van der Waals surface area contributed by atoms with Crippen molar-refractivity contribution in [3.8, 4) is 0 Å². The zero-order valence-electron chi connectivity index (χ0n) is 12.6. The highest BCUT2D eigenvalue weighted by Gasteiger charge is 2.22. The van der Waals surface area contributed by atoms with Gasteiger partial charge in [0.05, 0.1) is 18.8 Å².